The van der Waals surface area contributed by atoms with Gasteiger partial charge in [0.2, 0.25) is 11.8 Å². The molecule has 6 heteroatoms. The molecule has 21 heavy (non-hydrogen) atoms. The number of fused-ring (bicyclic) bond motifs is 1. The highest BCUT2D eigenvalue weighted by Gasteiger charge is 2.40. The topological polar surface area (TPSA) is 75.7 Å². The van der Waals surface area contributed by atoms with E-state index < -0.39 is 11.9 Å². The minimum Gasteiger partial charge on any atom is -0.496 e. The maximum absolute atomic E-state index is 12.5. The number of amides is 3. The van der Waals surface area contributed by atoms with Gasteiger partial charge in [-0.25, -0.2) is 0 Å². The molecule has 109 valence electrons. The summed E-state index contributed by atoms with van der Waals surface area (Å²) in [4.78, 5) is 37.2. The van der Waals surface area contributed by atoms with Crippen molar-refractivity contribution in [3.8, 4) is 5.75 Å². The number of methoxy groups -OCH3 is 1. The van der Waals surface area contributed by atoms with Crippen molar-refractivity contribution >= 4 is 17.7 Å². The van der Waals surface area contributed by atoms with Crippen LogP contribution in [0.25, 0.3) is 0 Å². The van der Waals surface area contributed by atoms with Gasteiger partial charge in [0.25, 0.3) is 5.91 Å². The Morgan fingerprint density at radius 3 is 2.76 bits per heavy atom. The molecule has 0 spiro atoms. The molecule has 3 amide bonds. The lowest BCUT2D eigenvalue weighted by atomic mass is 10.0. The normalized spacial score (nSPS) is 21.3. The zero-order valence-corrected chi connectivity index (χ0v) is 11.6. The third kappa shape index (κ3) is 2.16. The highest BCUT2D eigenvalue weighted by molar-refractivity contribution is 6.05. The summed E-state index contributed by atoms with van der Waals surface area (Å²) in [5, 5.41) is 2.28. The molecule has 6 nitrogen and oxygen atoms in total. The molecule has 0 aromatic heterocycles. The summed E-state index contributed by atoms with van der Waals surface area (Å²) in [5.41, 5.74) is 1.97. The van der Waals surface area contributed by atoms with E-state index in [-0.39, 0.29) is 18.2 Å². The van der Waals surface area contributed by atoms with Gasteiger partial charge >= 0.3 is 0 Å². The van der Waals surface area contributed by atoms with Crippen LogP contribution in [0.1, 0.15) is 34.3 Å². The van der Waals surface area contributed by atoms with Crippen molar-refractivity contribution in [2.45, 2.75) is 25.4 Å². The number of benzene rings is 1. The molecule has 3 rings (SSSR count). The number of carbonyl (C=O) groups excluding carboxylic acids is 3. The van der Waals surface area contributed by atoms with E-state index in [1.165, 1.54) is 12.0 Å². The van der Waals surface area contributed by atoms with Crippen LogP contribution in [-0.4, -0.2) is 35.8 Å². The van der Waals surface area contributed by atoms with Crippen molar-refractivity contribution in [1.29, 1.82) is 0 Å². The Balaban J connectivity index is 1.93. The van der Waals surface area contributed by atoms with Gasteiger partial charge in [-0.2, -0.15) is 0 Å². The number of nitrogens with one attached hydrogen (secondary N) is 1. The number of carbonyl (C=O) groups is 3. The monoisotopic (exact) mass is 287 g/mol. The Hall–Kier alpha value is -2.37. The van der Waals surface area contributed by atoms with Crippen molar-refractivity contribution < 1.29 is 19.1 Å². The first-order valence-electron chi connectivity index (χ1n) is 6.69. The van der Waals surface area contributed by atoms with Gasteiger partial charge in [-0.3, -0.25) is 19.7 Å². The molecule has 0 aliphatic carbocycles. The Morgan fingerprint density at radius 1 is 1.33 bits per heavy atom. The Kier molecular flexibility index (Phi) is 3.16. The molecule has 1 fully saturated rings. The average molecular weight is 287 g/mol. The maximum Gasteiger partial charge on any atom is 0.255 e. The number of piperidine rings is 1. The van der Waals surface area contributed by atoms with Gasteiger partial charge in [0.15, 0.2) is 0 Å². The van der Waals surface area contributed by atoms with Gasteiger partial charge in [0, 0.05) is 17.5 Å². The number of ether oxygens (including phenoxy) is 1. The second-order valence-electron chi connectivity index (χ2n) is 5.22. The average Bonchev–Trinajstić information content (AvgIpc) is 2.76. The molecule has 1 unspecified atom stereocenters. The molecule has 0 bridgehead atoms. The number of imide groups is 1. The summed E-state index contributed by atoms with van der Waals surface area (Å²) in [7, 11) is 1.54. The van der Waals surface area contributed by atoms with Crippen molar-refractivity contribution in [1.82, 2.24) is 10.2 Å². The maximum atomic E-state index is 12.5. The number of hydrogen-bond donors (Lipinski definition) is 1. The largest absolute Gasteiger partial charge is 0.496 e. The molecule has 2 heterocycles. The molecular formula is C15H15N2O4. The highest BCUT2D eigenvalue weighted by atomic mass is 16.5. The second-order valence-corrected chi connectivity index (χ2v) is 5.22. The molecule has 2 aliphatic heterocycles. The molecule has 2 aliphatic rings. The standard InChI is InChI=1S/C15H15N2O4/c1-8-5-9-10(12(6-8)21-2)7-17(15(9)20)11-3-4-13(18)16-14(11)19/h5-6,11H,1,3-4,7H2,2H3,(H,16,18,19). The zero-order valence-electron chi connectivity index (χ0n) is 11.6. The smallest absolute Gasteiger partial charge is 0.255 e. The SMILES string of the molecule is [CH2]c1cc(OC)c2c(c1)C(=O)N(C1CCC(=O)NC1=O)C2. The molecule has 0 saturated carbocycles. The van der Waals surface area contributed by atoms with E-state index in [1.807, 2.05) is 0 Å². The lowest BCUT2D eigenvalue weighted by Gasteiger charge is -2.29. The lowest BCUT2D eigenvalue weighted by Crippen LogP contribution is -2.52. The van der Waals surface area contributed by atoms with Crippen molar-refractivity contribution in [3.05, 3.63) is 35.7 Å². The Labute approximate surface area is 122 Å². The third-order valence-electron chi connectivity index (χ3n) is 3.89. The van der Waals surface area contributed by atoms with Crippen LogP contribution < -0.4 is 10.1 Å². The fraction of sp³-hybridized carbons (Fsp3) is 0.333. The van der Waals surface area contributed by atoms with Crippen LogP contribution in [0.15, 0.2) is 12.1 Å². The predicted molar refractivity (Wildman–Crippen MR) is 73.5 cm³/mol. The van der Waals surface area contributed by atoms with Gasteiger partial charge < -0.3 is 9.64 Å². The van der Waals surface area contributed by atoms with E-state index in [0.29, 0.717) is 29.8 Å². The quantitative estimate of drug-likeness (QED) is 0.810. The second kappa shape index (κ2) is 4.87. The van der Waals surface area contributed by atoms with Crippen LogP contribution in [0.5, 0.6) is 5.75 Å². The molecule has 1 N–H and O–H groups in total. The van der Waals surface area contributed by atoms with Crippen LogP contribution in [0.3, 0.4) is 0 Å². The van der Waals surface area contributed by atoms with Gasteiger partial charge in [-0.1, -0.05) is 0 Å². The van der Waals surface area contributed by atoms with E-state index in [9.17, 15) is 14.4 Å². The van der Waals surface area contributed by atoms with Gasteiger partial charge in [0.05, 0.1) is 13.7 Å². The van der Waals surface area contributed by atoms with Crippen LogP contribution in [0.2, 0.25) is 0 Å². The molecule has 1 atom stereocenters. The molecule has 1 radical (unpaired) electrons. The molecule has 1 aromatic rings. The summed E-state index contributed by atoms with van der Waals surface area (Å²) < 4.78 is 5.29. The van der Waals surface area contributed by atoms with Crippen molar-refractivity contribution in [2.24, 2.45) is 0 Å². The molecule has 1 saturated heterocycles. The van der Waals surface area contributed by atoms with E-state index >= 15 is 0 Å². The fourth-order valence-electron chi connectivity index (χ4n) is 2.87. The van der Waals surface area contributed by atoms with Crippen molar-refractivity contribution in [3.63, 3.8) is 0 Å². The summed E-state index contributed by atoms with van der Waals surface area (Å²) >= 11 is 0. The zero-order chi connectivity index (χ0) is 15.1. The first-order chi connectivity index (χ1) is 10.0. The number of hydrogen-bond acceptors (Lipinski definition) is 4. The van der Waals surface area contributed by atoms with Crippen LogP contribution in [-0.2, 0) is 16.1 Å². The minimum absolute atomic E-state index is 0.219. The first kappa shape index (κ1) is 13.6. The molecular weight excluding hydrogens is 272 g/mol. The van der Waals surface area contributed by atoms with Crippen LogP contribution in [0, 0.1) is 6.92 Å². The predicted octanol–water partition coefficient (Wildman–Crippen LogP) is 0.638. The van der Waals surface area contributed by atoms with Crippen LogP contribution in [0.4, 0.5) is 0 Å². The fourth-order valence-corrected chi connectivity index (χ4v) is 2.87. The summed E-state index contributed by atoms with van der Waals surface area (Å²) in [6.45, 7) is 4.14. The third-order valence-corrected chi connectivity index (χ3v) is 3.89. The number of rotatable bonds is 2. The van der Waals surface area contributed by atoms with E-state index in [1.54, 1.807) is 12.1 Å². The lowest BCUT2D eigenvalue weighted by molar-refractivity contribution is -0.136. The number of nitrogens with zero attached hydrogens (tertiary/aromatic N) is 1. The molecule has 1 aromatic carbocycles. The minimum atomic E-state index is -0.611. The van der Waals surface area contributed by atoms with Crippen molar-refractivity contribution in [2.75, 3.05) is 7.11 Å². The van der Waals surface area contributed by atoms with Gasteiger partial charge in [-0.05, 0) is 31.0 Å². The van der Waals surface area contributed by atoms with E-state index in [2.05, 4.69) is 12.2 Å². The van der Waals surface area contributed by atoms with Gasteiger partial charge in [-0.15, -0.1) is 0 Å². The van der Waals surface area contributed by atoms with Gasteiger partial charge in [0.1, 0.15) is 11.8 Å². The summed E-state index contributed by atoms with van der Waals surface area (Å²) in [5.74, 6) is -0.330. The first-order valence-corrected chi connectivity index (χ1v) is 6.69. The Bertz CT molecular complexity index is 653. The highest BCUT2D eigenvalue weighted by Crippen LogP contribution is 2.34. The van der Waals surface area contributed by atoms with E-state index in [4.69, 9.17) is 4.74 Å². The summed E-state index contributed by atoms with van der Waals surface area (Å²) in [6.07, 6.45) is 0.595. The van der Waals surface area contributed by atoms with Crippen LogP contribution >= 0.6 is 0 Å². The Morgan fingerprint density at radius 2 is 2.10 bits per heavy atom. The van der Waals surface area contributed by atoms with E-state index in [0.717, 1.165) is 5.56 Å². The summed E-state index contributed by atoms with van der Waals surface area (Å²) in [6, 6.07) is 2.85.